The molecule has 17 heavy (non-hydrogen) atoms. The maximum Gasteiger partial charge on any atom is 0.136 e. The molecule has 5 heteroatoms. The van der Waals surface area contributed by atoms with Crippen molar-refractivity contribution in [1.29, 1.82) is 0 Å². The number of aryl methyl sites for hydroxylation is 1. The molecule has 96 valence electrons. The summed E-state index contributed by atoms with van der Waals surface area (Å²) in [7, 11) is 0. The molecule has 3 nitrogen and oxygen atoms in total. The van der Waals surface area contributed by atoms with E-state index in [1.165, 1.54) is 0 Å². The topological polar surface area (TPSA) is 48.0 Å². The van der Waals surface area contributed by atoms with Crippen LogP contribution in [0.3, 0.4) is 0 Å². The fraction of sp³-hybridized carbons (Fsp3) is 0.583. The number of hydrogen-bond donors (Lipinski definition) is 1. The van der Waals surface area contributed by atoms with E-state index in [-0.39, 0.29) is 10.8 Å². The van der Waals surface area contributed by atoms with Crippen LogP contribution in [0.2, 0.25) is 5.02 Å². The average Bonchev–Trinajstić information content (AvgIpc) is 2.20. The van der Waals surface area contributed by atoms with Crippen molar-refractivity contribution in [1.82, 2.24) is 9.71 Å². The van der Waals surface area contributed by atoms with Crippen molar-refractivity contribution < 1.29 is 4.55 Å². The van der Waals surface area contributed by atoms with E-state index in [1.807, 2.05) is 40.7 Å². The predicted octanol–water partition coefficient (Wildman–Crippen LogP) is 3.16. The van der Waals surface area contributed by atoms with Gasteiger partial charge in [-0.05, 0) is 46.2 Å². The summed E-state index contributed by atoms with van der Waals surface area (Å²) in [6, 6.07) is 1.72. The van der Waals surface area contributed by atoms with Crippen LogP contribution >= 0.6 is 11.6 Å². The molecular formula is C12H19ClN2OS. The van der Waals surface area contributed by atoms with Crippen LogP contribution in [0.15, 0.2) is 12.3 Å². The molecular weight excluding hydrogens is 256 g/mol. The summed E-state index contributed by atoms with van der Waals surface area (Å²) >= 11 is 4.93. The van der Waals surface area contributed by atoms with Gasteiger partial charge in [-0.1, -0.05) is 11.6 Å². The fourth-order valence-electron chi connectivity index (χ4n) is 1.15. The molecule has 0 bridgehead atoms. The number of halogens is 1. The van der Waals surface area contributed by atoms with Gasteiger partial charge in [0.15, 0.2) is 0 Å². The first-order chi connectivity index (χ1) is 7.71. The smallest absolute Gasteiger partial charge is 0.136 e. The Morgan fingerprint density at radius 1 is 1.47 bits per heavy atom. The third-order valence-corrected chi connectivity index (χ3v) is 4.43. The second-order valence-corrected chi connectivity index (χ2v) is 7.48. The highest BCUT2D eigenvalue weighted by Crippen LogP contribution is 2.21. The van der Waals surface area contributed by atoms with Gasteiger partial charge in [0, 0.05) is 22.6 Å². The van der Waals surface area contributed by atoms with E-state index in [0.717, 1.165) is 11.3 Å². The molecule has 1 rings (SSSR count). The Morgan fingerprint density at radius 3 is 2.53 bits per heavy atom. The molecule has 1 aromatic heterocycles. The Morgan fingerprint density at radius 2 is 2.06 bits per heavy atom. The molecule has 0 fully saturated rings. The molecule has 0 radical (unpaired) electrons. The highest BCUT2D eigenvalue weighted by Gasteiger charge is 2.28. The normalized spacial score (nSPS) is 15.7. The summed E-state index contributed by atoms with van der Waals surface area (Å²) in [6.45, 7) is 9.62. The van der Waals surface area contributed by atoms with E-state index in [1.54, 1.807) is 6.20 Å². The van der Waals surface area contributed by atoms with Crippen LogP contribution in [-0.2, 0) is 11.4 Å². The minimum absolute atomic E-state index is 0.0897. The maximum atomic E-state index is 11.9. The molecule has 1 aromatic rings. The summed E-state index contributed by atoms with van der Waals surface area (Å²) in [6.07, 6.45) is 1.73. The Bertz CT molecular complexity index is 393. The van der Waals surface area contributed by atoms with Gasteiger partial charge in [0.2, 0.25) is 0 Å². The van der Waals surface area contributed by atoms with Crippen LogP contribution in [0.5, 0.6) is 0 Å². The first-order valence-corrected chi connectivity index (χ1v) is 7.04. The monoisotopic (exact) mass is 274 g/mol. The van der Waals surface area contributed by atoms with Crippen molar-refractivity contribution in [3.05, 3.63) is 28.5 Å². The molecule has 0 amide bonds. The molecule has 0 aliphatic rings. The summed E-state index contributed by atoms with van der Waals surface area (Å²) < 4.78 is 14.7. The van der Waals surface area contributed by atoms with Gasteiger partial charge in [-0.25, -0.2) is 0 Å². The molecule has 0 saturated carbocycles. The molecule has 1 N–H and O–H groups in total. The predicted molar refractivity (Wildman–Crippen MR) is 73.4 cm³/mol. The number of pyridine rings is 1. The number of rotatable bonds is 3. The largest absolute Gasteiger partial charge is 0.598 e. The van der Waals surface area contributed by atoms with Gasteiger partial charge < -0.3 is 4.55 Å². The lowest BCUT2D eigenvalue weighted by molar-refractivity contribution is 0.529. The van der Waals surface area contributed by atoms with E-state index >= 15 is 0 Å². The molecule has 0 aliphatic heterocycles. The van der Waals surface area contributed by atoms with E-state index in [9.17, 15) is 4.55 Å². The van der Waals surface area contributed by atoms with Gasteiger partial charge in [0.05, 0.1) is 11.7 Å². The van der Waals surface area contributed by atoms with Gasteiger partial charge >= 0.3 is 0 Å². The zero-order valence-corrected chi connectivity index (χ0v) is 12.4. The van der Waals surface area contributed by atoms with Crippen LogP contribution in [0.1, 0.15) is 45.0 Å². The molecule has 2 atom stereocenters. The van der Waals surface area contributed by atoms with E-state index in [4.69, 9.17) is 11.6 Å². The maximum absolute atomic E-state index is 11.9. The second-order valence-electron chi connectivity index (χ2n) is 5.08. The van der Waals surface area contributed by atoms with Gasteiger partial charge in [-0.2, -0.15) is 0 Å². The SMILES string of the molecule is Cc1cnc([C@@H](C)N[S@+]([O-])C(C)(C)C)cc1Cl. The number of hydrogen-bond acceptors (Lipinski definition) is 3. The molecule has 0 saturated heterocycles. The Balaban J connectivity index is 2.76. The molecule has 0 aromatic carbocycles. The van der Waals surface area contributed by atoms with E-state index < -0.39 is 11.4 Å². The number of nitrogens with zero attached hydrogens (tertiary/aromatic N) is 1. The summed E-state index contributed by atoms with van der Waals surface area (Å²) in [5.41, 5.74) is 1.75. The van der Waals surface area contributed by atoms with Crippen LogP contribution in [0.25, 0.3) is 0 Å². The molecule has 0 spiro atoms. The third kappa shape index (κ3) is 4.14. The Labute approximate surface area is 111 Å². The fourth-order valence-corrected chi connectivity index (χ4v) is 2.10. The molecule has 0 aliphatic carbocycles. The standard InChI is InChI=1S/C12H19ClN2OS/c1-8-7-14-11(6-10(8)13)9(2)15-17(16)12(3,4)5/h6-7,9,15H,1-5H3/t9-,17-/m1/s1. The summed E-state index contributed by atoms with van der Waals surface area (Å²) in [5.74, 6) is 0. The number of nitrogens with one attached hydrogen (secondary N) is 1. The quantitative estimate of drug-likeness (QED) is 0.862. The Kier molecular flexibility index (Phi) is 4.84. The second kappa shape index (κ2) is 5.57. The van der Waals surface area contributed by atoms with Crippen molar-refractivity contribution in [2.24, 2.45) is 0 Å². The van der Waals surface area contributed by atoms with Crippen LogP contribution in [-0.4, -0.2) is 14.3 Å². The zero-order chi connectivity index (χ0) is 13.2. The summed E-state index contributed by atoms with van der Waals surface area (Å²) in [4.78, 5) is 4.29. The van der Waals surface area contributed by atoms with Crippen molar-refractivity contribution in [2.45, 2.75) is 45.4 Å². The minimum atomic E-state index is -1.11. The van der Waals surface area contributed by atoms with E-state index in [2.05, 4.69) is 9.71 Å². The van der Waals surface area contributed by atoms with E-state index in [0.29, 0.717) is 5.02 Å². The minimum Gasteiger partial charge on any atom is -0.598 e. The van der Waals surface area contributed by atoms with Crippen molar-refractivity contribution in [3.63, 3.8) is 0 Å². The molecule has 1 heterocycles. The lowest BCUT2D eigenvalue weighted by atomic mass is 10.2. The van der Waals surface area contributed by atoms with Crippen LogP contribution in [0, 0.1) is 6.92 Å². The lowest BCUT2D eigenvalue weighted by Gasteiger charge is -2.26. The summed E-state index contributed by atoms with van der Waals surface area (Å²) in [5, 5.41) is 0.685. The Hall–Kier alpha value is -0.290. The highest BCUT2D eigenvalue weighted by atomic mass is 35.5. The van der Waals surface area contributed by atoms with Gasteiger partial charge in [0.1, 0.15) is 4.75 Å². The van der Waals surface area contributed by atoms with Crippen molar-refractivity contribution in [3.8, 4) is 0 Å². The zero-order valence-electron chi connectivity index (χ0n) is 10.9. The van der Waals surface area contributed by atoms with Gasteiger partial charge in [-0.3, -0.25) is 4.98 Å². The number of aromatic nitrogens is 1. The van der Waals surface area contributed by atoms with Crippen molar-refractivity contribution >= 4 is 23.0 Å². The van der Waals surface area contributed by atoms with Crippen LogP contribution < -0.4 is 4.72 Å². The van der Waals surface area contributed by atoms with Gasteiger partial charge in [-0.15, -0.1) is 4.72 Å². The first kappa shape index (κ1) is 14.8. The average molecular weight is 275 g/mol. The highest BCUT2D eigenvalue weighted by molar-refractivity contribution is 7.90. The van der Waals surface area contributed by atoms with Crippen molar-refractivity contribution in [2.75, 3.05) is 0 Å². The van der Waals surface area contributed by atoms with Gasteiger partial charge in [0.25, 0.3) is 0 Å². The van der Waals surface area contributed by atoms with Crippen LogP contribution in [0.4, 0.5) is 0 Å². The molecule has 0 unspecified atom stereocenters. The lowest BCUT2D eigenvalue weighted by Crippen LogP contribution is -2.40. The third-order valence-electron chi connectivity index (χ3n) is 2.34. The first-order valence-electron chi connectivity index (χ1n) is 5.52.